The van der Waals surface area contributed by atoms with Crippen molar-refractivity contribution in [2.75, 3.05) is 19.6 Å². The standard InChI is InChI=1S/C26H29F2N5O/c1-4-21-25-31-30-22(11-8-14-32(5-2)6-3)26(34)33(25)23-13-12-19(28)16-20(23)24(29-21)17-9-7-10-18(27)15-17/h7,9-10,12-13,15-16,21H,4-6,8,11,14H2,1-3H3. The van der Waals surface area contributed by atoms with Gasteiger partial charge in [-0.1, -0.05) is 32.9 Å². The van der Waals surface area contributed by atoms with Crippen LogP contribution in [-0.2, 0) is 6.42 Å². The van der Waals surface area contributed by atoms with Crippen molar-refractivity contribution in [3.63, 3.8) is 0 Å². The fraction of sp³-hybridized carbons (Fsp3) is 0.385. The summed E-state index contributed by atoms with van der Waals surface area (Å²) in [6, 6.07) is 9.75. The van der Waals surface area contributed by atoms with Crippen LogP contribution in [0, 0.1) is 11.6 Å². The molecular weight excluding hydrogens is 436 g/mol. The second-order valence-electron chi connectivity index (χ2n) is 8.35. The van der Waals surface area contributed by atoms with Gasteiger partial charge >= 0.3 is 0 Å². The Hall–Kier alpha value is -3.26. The smallest absolute Gasteiger partial charge is 0.280 e. The van der Waals surface area contributed by atoms with Gasteiger partial charge in [-0.15, -0.1) is 10.2 Å². The predicted octanol–water partition coefficient (Wildman–Crippen LogP) is 4.48. The number of nitrogens with zero attached hydrogens (tertiary/aromatic N) is 5. The van der Waals surface area contributed by atoms with Crippen molar-refractivity contribution in [3.8, 4) is 5.69 Å². The van der Waals surface area contributed by atoms with Crippen LogP contribution in [-0.4, -0.2) is 45.0 Å². The van der Waals surface area contributed by atoms with Crippen LogP contribution >= 0.6 is 0 Å². The molecule has 6 nitrogen and oxygen atoms in total. The van der Waals surface area contributed by atoms with E-state index in [1.807, 2.05) is 6.92 Å². The van der Waals surface area contributed by atoms with E-state index in [1.54, 1.807) is 18.2 Å². The average Bonchev–Trinajstić information content (AvgIpc) is 2.97. The normalized spacial score (nSPS) is 15.0. The molecule has 1 aromatic heterocycles. The molecule has 4 rings (SSSR count). The fourth-order valence-electron chi connectivity index (χ4n) is 4.36. The maximum absolute atomic E-state index is 14.4. The number of hydrogen-bond donors (Lipinski definition) is 0. The summed E-state index contributed by atoms with van der Waals surface area (Å²) in [4.78, 5) is 20.7. The molecule has 0 aliphatic carbocycles. The van der Waals surface area contributed by atoms with Gasteiger partial charge in [-0.05, 0) is 69.2 Å². The highest BCUT2D eigenvalue weighted by molar-refractivity contribution is 6.15. The minimum atomic E-state index is -0.487. The Balaban J connectivity index is 1.85. The first kappa shape index (κ1) is 23.9. The maximum Gasteiger partial charge on any atom is 0.280 e. The second kappa shape index (κ2) is 10.3. The number of rotatable bonds is 8. The monoisotopic (exact) mass is 465 g/mol. The second-order valence-corrected chi connectivity index (χ2v) is 8.35. The van der Waals surface area contributed by atoms with Gasteiger partial charge in [0.05, 0.1) is 11.4 Å². The third kappa shape index (κ3) is 4.68. The summed E-state index contributed by atoms with van der Waals surface area (Å²) in [5.41, 5.74) is 1.93. The van der Waals surface area contributed by atoms with E-state index in [4.69, 9.17) is 4.99 Å². The topological polar surface area (TPSA) is 63.4 Å². The Kier molecular flexibility index (Phi) is 7.26. The summed E-state index contributed by atoms with van der Waals surface area (Å²) >= 11 is 0. The van der Waals surface area contributed by atoms with Crippen molar-refractivity contribution in [2.45, 2.75) is 46.1 Å². The van der Waals surface area contributed by atoms with Gasteiger partial charge in [-0.2, -0.15) is 0 Å². The minimum absolute atomic E-state index is 0.272. The Bertz CT molecular complexity index is 1270. The van der Waals surface area contributed by atoms with E-state index in [1.165, 1.54) is 28.8 Å². The molecule has 2 aromatic carbocycles. The van der Waals surface area contributed by atoms with Crippen LogP contribution in [0.25, 0.3) is 5.69 Å². The summed E-state index contributed by atoms with van der Waals surface area (Å²) in [7, 11) is 0. The molecular formula is C26H29F2N5O. The van der Waals surface area contributed by atoms with Gasteiger partial charge < -0.3 is 4.90 Å². The van der Waals surface area contributed by atoms with Crippen LogP contribution in [0.1, 0.15) is 62.3 Å². The molecule has 1 unspecified atom stereocenters. The van der Waals surface area contributed by atoms with E-state index in [9.17, 15) is 13.6 Å². The minimum Gasteiger partial charge on any atom is -0.304 e. The Morgan fingerprint density at radius 3 is 2.47 bits per heavy atom. The maximum atomic E-state index is 14.4. The zero-order valence-corrected chi connectivity index (χ0v) is 19.8. The van der Waals surface area contributed by atoms with Crippen LogP contribution in [0.2, 0.25) is 0 Å². The average molecular weight is 466 g/mol. The summed E-state index contributed by atoms with van der Waals surface area (Å²) in [6.45, 7) is 8.91. The van der Waals surface area contributed by atoms with Gasteiger partial charge in [0.2, 0.25) is 0 Å². The SMILES string of the molecule is CCC1N=C(c2cccc(F)c2)c2cc(F)ccc2-n2c1nnc(CCCN(CC)CC)c2=O. The van der Waals surface area contributed by atoms with E-state index in [0.717, 1.165) is 26.1 Å². The molecule has 2 heterocycles. The lowest BCUT2D eigenvalue weighted by Crippen LogP contribution is -2.31. The number of aromatic nitrogens is 3. The zero-order valence-electron chi connectivity index (χ0n) is 19.8. The van der Waals surface area contributed by atoms with Crippen molar-refractivity contribution >= 4 is 5.71 Å². The summed E-state index contributed by atoms with van der Waals surface area (Å²) in [5.74, 6) is -0.478. The quantitative estimate of drug-likeness (QED) is 0.492. The van der Waals surface area contributed by atoms with E-state index < -0.39 is 17.7 Å². The van der Waals surface area contributed by atoms with Gasteiger partial charge in [-0.25, -0.2) is 8.78 Å². The van der Waals surface area contributed by atoms with Gasteiger partial charge in [0.15, 0.2) is 5.82 Å². The molecule has 1 aliphatic rings. The fourth-order valence-corrected chi connectivity index (χ4v) is 4.36. The lowest BCUT2D eigenvalue weighted by Gasteiger charge is -2.18. The predicted molar refractivity (Wildman–Crippen MR) is 129 cm³/mol. The molecule has 0 spiro atoms. The lowest BCUT2D eigenvalue weighted by molar-refractivity contribution is 0.299. The Morgan fingerprint density at radius 1 is 1.00 bits per heavy atom. The molecule has 1 atom stereocenters. The van der Waals surface area contributed by atoms with Crippen LogP contribution in [0.5, 0.6) is 0 Å². The molecule has 0 saturated carbocycles. The van der Waals surface area contributed by atoms with E-state index in [0.29, 0.717) is 46.9 Å². The van der Waals surface area contributed by atoms with Crippen molar-refractivity contribution in [2.24, 2.45) is 4.99 Å². The Morgan fingerprint density at radius 2 is 1.76 bits per heavy atom. The Labute approximate surface area is 198 Å². The summed E-state index contributed by atoms with van der Waals surface area (Å²) in [6.07, 6.45) is 1.82. The van der Waals surface area contributed by atoms with Crippen LogP contribution in [0.3, 0.4) is 0 Å². The molecule has 0 bridgehead atoms. The molecule has 1 aliphatic heterocycles. The summed E-state index contributed by atoms with van der Waals surface area (Å²) in [5, 5.41) is 8.70. The third-order valence-electron chi connectivity index (χ3n) is 6.26. The van der Waals surface area contributed by atoms with Gasteiger partial charge in [0, 0.05) is 11.1 Å². The molecule has 3 aromatic rings. The molecule has 0 fully saturated rings. The highest BCUT2D eigenvalue weighted by Crippen LogP contribution is 2.30. The van der Waals surface area contributed by atoms with Crippen LogP contribution in [0.4, 0.5) is 8.78 Å². The van der Waals surface area contributed by atoms with Gasteiger partial charge in [0.25, 0.3) is 5.56 Å². The van der Waals surface area contributed by atoms with Crippen LogP contribution < -0.4 is 5.56 Å². The van der Waals surface area contributed by atoms with Gasteiger partial charge in [0.1, 0.15) is 23.4 Å². The molecule has 8 heteroatoms. The lowest BCUT2D eigenvalue weighted by atomic mass is 10.00. The number of aryl methyl sites for hydroxylation is 1. The van der Waals surface area contributed by atoms with Crippen LogP contribution in [0.15, 0.2) is 52.3 Å². The highest BCUT2D eigenvalue weighted by Gasteiger charge is 2.28. The van der Waals surface area contributed by atoms with Crippen molar-refractivity contribution in [3.05, 3.63) is 87.1 Å². The van der Waals surface area contributed by atoms with E-state index in [2.05, 4.69) is 28.9 Å². The number of hydrogen-bond acceptors (Lipinski definition) is 5. The molecule has 0 N–H and O–H groups in total. The molecule has 0 amide bonds. The van der Waals surface area contributed by atoms with E-state index in [-0.39, 0.29) is 5.56 Å². The highest BCUT2D eigenvalue weighted by atomic mass is 19.1. The molecule has 0 radical (unpaired) electrons. The first-order valence-corrected chi connectivity index (χ1v) is 11.8. The van der Waals surface area contributed by atoms with E-state index >= 15 is 0 Å². The third-order valence-corrected chi connectivity index (χ3v) is 6.26. The molecule has 178 valence electrons. The van der Waals surface area contributed by atoms with Crippen molar-refractivity contribution in [1.29, 1.82) is 0 Å². The number of fused-ring (bicyclic) bond motifs is 3. The van der Waals surface area contributed by atoms with Crippen molar-refractivity contribution in [1.82, 2.24) is 19.7 Å². The number of aliphatic imine (C=N–C) groups is 1. The first-order valence-electron chi connectivity index (χ1n) is 11.8. The number of benzene rings is 2. The molecule has 34 heavy (non-hydrogen) atoms. The van der Waals surface area contributed by atoms with Crippen molar-refractivity contribution < 1.29 is 8.78 Å². The largest absolute Gasteiger partial charge is 0.304 e. The van der Waals surface area contributed by atoms with Gasteiger partial charge in [-0.3, -0.25) is 14.4 Å². The number of halogens is 2. The zero-order chi connectivity index (χ0) is 24.2. The molecule has 0 saturated heterocycles. The summed E-state index contributed by atoms with van der Waals surface area (Å²) < 4.78 is 30.0. The first-order chi connectivity index (χ1) is 16.5.